The number of aliphatic hydroxyl groups excluding tert-OH is 1. The highest BCUT2D eigenvalue weighted by molar-refractivity contribution is 5.82. The lowest BCUT2D eigenvalue weighted by molar-refractivity contribution is -0.119. The summed E-state index contributed by atoms with van der Waals surface area (Å²) >= 11 is 0. The number of phenolic OH excluding ortho intramolecular Hbond substituents is 1. The van der Waals surface area contributed by atoms with Crippen molar-refractivity contribution >= 4 is 5.78 Å². The van der Waals surface area contributed by atoms with Crippen molar-refractivity contribution in [2.24, 2.45) is 11.8 Å². The van der Waals surface area contributed by atoms with Gasteiger partial charge in [-0.2, -0.15) is 0 Å². The van der Waals surface area contributed by atoms with E-state index < -0.39 is 0 Å². The number of fused-ring (bicyclic) bond motifs is 1. The van der Waals surface area contributed by atoms with Crippen LogP contribution in [0.15, 0.2) is 54.6 Å². The standard InChI is InChI=1S/C16H21NO3.C7H8/c18-14-3-1-11(2-4-14)5-16(20)10-17-8-12-6-15(19)7-13(12)9-17;1-7-5-3-2-4-6-7/h1-4,12-13,15,18-19H,5-10H2;2-6H,1H3/t12-,13+,15?;. The van der Waals surface area contributed by atoms with Gasteiger partial charge in [0.2, 0.25) is 0 Å². The number of ketones is 1. The van der Waals surface area contributed by atoms with Crippen molar-refractivity contribution in [1.82, 2.24) is 4.90 Å². The number of likely N-dealkylation sites (tertiary alicyclic amines) is 1. The molecule has 4 nitrogen and oxygen atoms in total. The molecule has 1 aliphatic carbocycles. The van der Waals surface area contributed by atoms with Crippen molar-refractivity contribution in [3.8, 4) is 5.75 Å². The Balaban J connectivity index is 0.000000253. The molecule has 1 aliphatic heterocycles. The molecule has 0 spiro atoms. The molecule has 1 saturated heterocycles. The highest BCUT2D eigenvalue weighted by atomic mass is 16.3. The molecule has 4 rings (SSSR count). The number of carbonyl (C=O) groups is 1. The summed E-state index contributed by atoms with van der Waals surface area (Å²) in [6, 6.07) is 17.1. The van der Waals surface area contributed by atoms with Crippen LogP contribution in [-0.2, 0) is 11.2 Å². The first-order valence-corrected chi connectivity index (χ1v) is 9.71. The van der Waals surface area contributed by atoms with Gasteiger partial charge in [-0.15, -0.1) is 0 Å². The van der Waals surface area contributed by atoms with Crippen LogP contribution in [0.2, 0.25) is 0 Å². The van der Waals surface area contributed by atoms with Crippen LogP contribution < -0.4 is 0 Å². The summed E-state index contributed by atoms with van der Waals surface area (Å²) in [5.41, 5.74) is 2.27. The van der Waals surface area contributed by atoms with Gasteiger partial charge in [0.25, 0.3) is 0 Å². The summed E-state index contributed by atoms with van der Waals surface area (Å²) in [5, 5.41) is 18.8. The lowest BCUT2D eigenvalue weighted by Gasteiger charge is -2.16. The quantitative estimate of drug-likeness (QED) is 0.871. The Hall–Kier alpha value is -2.17. The number of benzene rings is 2. The van der Waals surface area contributed by atoms with E-state index in [0.29, 0.717) is 24.8 Å². The second-order valence-corrected chi connectivity index (χ2v) is 7.88. The summed E-state index contributed by atoms with van der Waals surface area (Å²) in [6.45, 7) is 4.48. The van der Waals surface area contributed by atoms with E-state index in [4.69, 9.17) is 0 Å². The van der Waals surface area contributed by atoms with Gasteiger partial charge in [-0.1, -0.05) is 48.0 Å². The van der Waals surface area contributed by atoms with Crippen LogP contribution >= 0.6 is 0 Å². The van der Waals surface area contributed by atoms with Crippen LogP contribution in [0.1, 0.15) is 24.0 Å². The van der Waals surface area contributed by atoms with Gasteiger partial charge in [-0.3, -0.25) is 9.69 Å². The topological polar surface area (TPSA) is 60.8 Å². The van der Waals surface area contributed by atoms with Crippen LogP contribution in [0.25, 0.3) is 0 Å². The third-order valence-electron chi connectivity index (χ3n) is 5.48. The molecule has 144 valence electrons. The lowest BCUT2D eigenvalue weighted by atomic mass is 10.0. The van der Waals surface area contributed by atoms with E-state index in [9.17, 15) is 15.0 Å². The summed E-state index contributed by atoms with van der Waals surface area (Å²) in [6.07, 6.45) is 2.09. The summed E-state index contributed by atoms with van der Waals surface area (Å²) < 4.78 is 0. The normalized spacial score (nSPS) is 24.1. The predicted octanol–water partition coefficient (Wildman–Crippen LogP) is 3.20. The number of nitrogens with zero attached hydrogens (tertiary/aromatic N) is 1. The molecular formula is C23H29NO3. The Kier molecular flexibility index (Phi) is 6.64. The highest BCUT2D eigenvalue weighted by Crippen LogP contribution is 2.37. The number of Topliss-reactive ketones (excluding diaryl/α,β-unsaturated/α-hetero) is 1. The SMILES string of the molecule is Cc1ccccc1.O=C(Cc1ccc(O)cc1)CN1C[C@H]2CC(O)C[C@H]2C1. The molecule has 2 N–H and O–H groups in total. The van der Waals surface area contributed by atoms with E-state index in [0.717, 1.165) is 31.5 Å². The molecule has 2 aromatic carbocycles. The minimum absolute atomic E-state index is 0.125. The van der Waals surface area contributed by atoms with Gasteiger partial charge in [0.05, 0.1) is 12.6 Å². The molecular weight excluding hydrogens is 338 g/mol. The fourth-order valence-electron chi connectivity index (χ4n) is 4.18. The molecule has 27 heavy (non-hydrogen) atoms. The van der Waals surface area contributed by atoms with Gasteiger partial charge >= 0.3 is 0 Å². The van der Waals surface area contributed by atoms with Crippen molar-refractivity contribution in [3.05, 3.63) is 65.7 Å². The van der Waals surface area contributed by atoms with E-state index >= 15 is 0 Å². The van der Waals surface area contributed by atoms with Crippen molar-refractivity contribution in [2.75, 3.05) is 19.6 Å². The zero-order valence-corrected chi connectivity index (χ0v) is 15.9. The molecule has 4 heteroatoms. The Bertz CT molecular complexity index is 715. The molecule has 1 saturated carbocycles. The number of aliphatic hydroxyl groups is 1. The number of phenols is 1. The van der Waals surface area contributed by atoms with Gasteiger partial charge in [-0.25, -0.2) is 0 Å². The lowest BCUT2D eigenvalue weighted by Crippen LogP contribution is -2.30. The average molecular weight is 367 g/mol. The zero-order chi connectivity index (χ0) is 19.2. The Labute approximate surface area is 161 Å². The molecule has 0 amide bonds. The maximum absolute atomic E-state index is 12.1. The van der Waals surface area contributed by atoms with Crippen LogP contribution in [0, 0.1) is 18.8 Å². The Morgan fingerprint density at radius 1 is 1.00 bits per heavy atom. The van der Waals surface area contributed by atoms with Crippen LogP contribution in [0.3, 0.4) is 0 Å². The summed E-state index contributed by atoms with van der Waals surface area (Å²) in [7, 11) is 0. The fourth-order valence-corrected chi connectivity index (χ4v) is 4.18. The molecule has 0 radical (unpaired) electrons. The van der Waals surface area contributed by atoms with Gasteiger partial charge < -0.3 is 10.2 Å². The number of aryl methyl sites for hydroxylation is 1. The van der Waals surface area contributed by atoms with Gasteiger partial charge in [0, 0.05) is 19.5 Å². The number of carbonyl (C=O) groups excluding carboxylic acids is 1. The van der Waals surface area contributed by atoms with E-state index in [1.54, 1.807) is 24.3 Å². The minimum Gasteiger partial charge on any atom is -0.508 e. The van der Waals surface area contributed by atoms with Crippen LogP contribution in [0.5, 0.6) is 5.75 Å². The fraction of sp³-hybridized carbons (Fsp3) is 0.435. The van der Waals surface area contributed by atoms with E-state index in [1.165, 1.54) is 5.56 Å². The maximum atomic E-state index is 12.1. The number of rotatable bonds is 4. The molecule has 2 aromatic rings. The van der Waals surface area contributed by atoms with Crippen molar-refractivity contribution in [2.45, 2.75) is 32.3 Å². The van der Waals surface area contributed by atoms with Crippen LogP contribution in [-0.4, -0.2) is 46.6 Å². The highest BCUT2D eigenvalue weighted by Gasteiger charge is 2.40. The molecule has 3 atom stereocenters. The van der Waals surface area contributed by atoms with E-state index in [-0.39, 0.29) is 17.6 Å². The number of hydrogen-bond acceptors (Lipinski definition) is 4. The number of hydrogen-bond donors (Lipinski definition) is 2. The van der Waals surface area contributed by atoms with E-state index in [1.807, 2.05) is 18.2 Å². The largest absolute Gasteiger partial charge is 0.508 e. The second-order valence-electron chi connectivity index (χ2n) is 7.88. The number of aromatic hydroxyl groups is 1. The first kappa shape index (κ1) is 19.6. The second kappa shape index (κ2) is 9.16. The van der Waals surface area contributed by atoms with E-state index in [2.05, 4.69) is 24.0 Å². The average Bonchev–Trinajstić information content (AvgIpc) is 3.14. The monoisotopic (exact) mass is 367 g/mol. The molecule has 0 aromatic heterocycles. The van der Waals surface area contributed by atoms with Gasteiger partial charge in [-0.05, 0) is 49.3 Å². The van der Waals surface area contributed by atoms with Gasteiger partial charge in [0.15, 0.2) is 5.78 Å². The van der Waals surface area contributed by atoms with Crippen LogP contribution in [0.4, 0.5) is 0 Å². The predicted molar refractivity (Wildman–Crippen MR) is 107 cm³/mol. The molecule has 2 aliphatic rings. The minimum atomic E-state index is -0.125. The van der Waals surface area contributed by atoms with Crippen molar-refractivity contribution in [3.63, 3.8) is 0 Å². The maximum Gasteiger partial charge on any atom is 0.151 e. The van der Waals surface area contributed by atoms with Crippen molar-refractivity contribution < 1.29 is 15.0 Å². The Morgan fingerprint density at radius 3 is 2.11 bits per heavy atom. The molecule has 1 heterocycles. The Morgan fingerprint density at radius 2 is 1.59 bits per heavy atom. The van der Waals surface area contributed by atoms with Gasteiger partial charge in [0.1, 0.15) is 5.75 Å². The third kappa shape index (κ3) is 5.91. The third-order valence-corrected chi connectivity index (χ3v) is 5.48. The molecule has 0 bridgehead atoms. The summed E-state index contributed by atoms with van der Waals surface area (Å²) in [4.78, 5) is 14.3. The molecule has 1 unspecified atom stereocenters. The first-order chi connectivity index (χ1) is 13.0. The summed E-state index contributed by atoms with van der Waals surface area (Å²) in [5.74, 6) is 1.60. The van der Waals surface area contributed by atoms with Crippen molar-refractivity contribution in [1.29, 1.82) is 0 Å². The zero-order valence-electron chi connectivity index (χ0n) is 15.9. The smallest absolute Gasteiger partial charge is 0.151 e. The first-order valence-electron chi connectivity index (χ1n) is 9.71. The molecule has 2 fully saturated rings.